The zero-order valence-corrected chi connectivity index (χ0v) is 15.6. The van der Waals surface area contributed by atoms with Crippen LogP contribution in [0.3, 0.4) is 0 Å². The molecular formula is C19H25N3O2S. The van der Waals surface area contributed by atoms with Crippen LogP contribution in [0.5, 0.6) is 0 Å². The number of benzene rings is 1. The molecule has 0 aliphatic heterocycles. The molecule has 1 saturated carbocycles. The van der Waals surface area contributed by atoms with Crippen molar-refractivity contribution >= 4 is 44.2 Å². The summed E-state index contributed by atoms with van der Waals surface area (Å²) in [5, 5.41) is 6.51. The first kappa shape index (κ1) is 17.9. The topological polar surface area (TPSA) is 71.1 Å². The molecule has 1 aromatic carbocycles. The van der Waals surface area contributed by atoms with E-state index >= 15 is 0 Å². The number of fused-ring (bicyclic) bond motifs is 1. The van der Waals surface area contributed by atoms with Crippen LogP contribution in [0.1, 0.15) is 52.4 Å². The SMILES string of the molecule is CC(C)CC(=O)Nc1ccc2sc(NC(=O)C3CCCCC3)nc2c1. The van der Waals surface area contributed by atoms with Crippen molar-refractivity contribution in [2.45, 2.75) is 52.4 Å². The highest BCUT2D eigenvalue weighted by Gasteiger charge is 2.22. The number of hydrogen-bond donors (Lipinski definition) is 2. The maximum Gasteiger partial charge on any atom is 0.229 e. The Hall–Kier alpha value is -1.95. The lowest BCUT2D eigenvalue weighted by atomic mass is 9.89. The summed E-state index contributed by atoms with van der Waals surface area (Å²) in [6, 6.07) is 5.68. The Morgan fingerprint density at radius 2 is 1.96 bits per heavy atom. The summed E-state index contributed by atoms with van der Waals surface area (Å²) in [5.74, 6) is 0.538. The van der Waals surface area contributed by atoms with E-state index in [-0.39, 0.29) is 17.7 Å². The van der Waals surface area contributed by atoms with Gasteiger partial charge >= 0.3 is 0 Å². The molecule has 25 heavy (non-hydrogen) atoms. The second kappa shape index (κ2) is 7.95. The number of carbonyl (C=O) groups excluding carboxylic acids is 2. The lowest BCUT2D eigenvalue weighted by Gasteiger charge is -2.19. The molecule has 0 radical (unpaired) electrons. The molecular weight excluding hydrogens is 334 g/mol. The molecule has 0 saturated heterocycles. The monoisotopic (exact) mass is 359 g/mol. The van der Waals surface area contributed by atoms with Gasteiger partial charge in [0.1, 0.15) is 0 Å². The lowest BCUT2D eigenvalue weighted by Crippen LogP contribution is -2.24. The number of rotatable bonds is 5. The van der Waals surface area contributed by atoms with Gasteiger partial charge < -0.3 is 10.6 Å². The molecule has 1 aliphatic rings. The van der Waals surface area contributed by atoms with Crippen molar-refractivity contribution in [2.75, 3.05) is 10.6 Å². The Kier molecular flexibility index (Phi) is 5.68. The Balaban J connectivity index is 1.67. The van der Waals surface area contributed by atoms with Crippen LogP contribution >= 0.6 is 11.3 Å². The fraction of sp³-hybridized carbons (Fsp3) is 0.526. The first-order valence-corrected chi connectivity index (χ1v) is 9.84. The molecule has 1 aromatic heterocycles. The molecule has 1 heterocycles. The molecule has 2 amide bonds. The number of amides is 2. The van der Waals surface area contributed by atoms with Crippen LogP contribution in [-0.4, -0.2) is 16.8 Å². The Labute approximate surface area is 152 Å². The molecule has 5 nitrogen and oxygen atoms in total. The normalized spacial score (nSPS) is 15.5. The molecule has 1 fully saturated rings. The van der Waals surface area contributed by atoms with E-state index in [1.165, 1.54) is 17.8 Å². The Morgan fingerprint density at radius 1 is 1.20 bits per heavy atom. The lowest BCUT2D eigenvalue weighted by molar-refractivity contribution is -0.120. The second-order valence-corrected chi connectivity index (χ2v) is 8.20. The molecule has 0 bridgehead atoms. The highest BCUT2D eigenvalue weighted by molar-refractivity contribution is 7.22. The largest absolute Gasteiger partial charge is 0.326 e. The minimum atomic E-state index is 0.00963. The first-order valence-electron chi connectivity index (χ1n) is 9.02. The smallest absolute Gasteiger partial charge is 0.229 e. The van der Waals surface area contributed by atoms with Gasteiger partial charge in [-0.3, -0.25) is 9.59 Å². The average Bonchev–Trinajstić information content (AvgIpc) is 2.96. The second-order valence-electron chi connectivity index (χ2n) is 7.17. The molecule has 6 heteroatoms. The van der Waals surface area contributed by atoms with Crippen LogP contribution in [0.25, 0.3) is 10.2 Å². The standard InChI is InChI=1S/C19H25N3O2S/c1-12(2)10-17(23)20-14-8-9-16-15(11-14)21-19(25-16)22-18(24)13-6-4-3-5-7-13/h8-9,11-13H,3-7,10H2,1-2H3,(H,20,23)(H,21,22,24). The summed E-state index contributed by atoms with van der Waals surface area (Å²) in [7, 11) is 0. The van der Waals surface area contributed by atoms with Gasteiger partial charge in [-0.25, -0.2) is 4.98 Å². The minimum absolute atomic E-state index is 0.00963. The summed E-state index contributed by atoms with van der Waals surface area (Å²) in [6.45, 7) is 4.04. The van der Waals surface area contributed by atoms with Crippen LogP contribution < -0.4 is 10.6 Å². The number of nitrogens with one attached hydrogen (secondary N) is 2. The molecule has 3 rings (SSSR count). The number of hydrogen-bond acceptors (Lipinski definition) is 4. The van der Waals surface area contributed by atoms with Gasteiger partial charge in [-0.15, -0.1) is 0 Å². The van der Waals surface area contributed by atoms with Gasteiger partial charge in [0.05, 0.1) is 10.2 Å². The van der Waals surface area contributed by atoms with Gasteiger partial charge in [0.15, 0.2) is 5.13 Å². The van der Waals surface area contributed by atoms with Crippen molar-refractivity contribution in [2.24, 2.45) is 11.8 Å². The van der Waals surface area contributed by atoms with Crippen LogP contribution in [0.15, 0.2) is 18.2 Å². The van der Waals surface area contributed by atoms with Crippen molar-refractivity contribution in [3.8, 4) is 0 Å². The fourth-order valence-corrected chi connectivity index (χ4v) is 4.06. The van der Waals surface area contributed by atoms with Crippen molar-refractivity contribution < 1.29 is 9.59 Å². The third-order valence-electron chi connectivity index (χ3n) is 4.47. The summed E-state index contributed by atoms with van der Waals surface area (Å²) in [5.41, 5.74) is 1.54. The quantitative estimate of drug-likeness (QED) is 0.805. The van der Waals surface area contributed by atoms with E-state index in [9.17, 15) is 9.59 Å². The van der Waals surface area contributed by atoms with Crippen molar-refractivity contribution in [3.63, 3.8) is 0 Å². The van der Waals surface area contributed by atoms with Crippen LogP contribution in [0.4, 0.5) is 10.8 Å². The summed E-state index contributed by atoms with van der Waals surface area (Å²) in [4.78, 5) is 28.8. The summed E-state index contributed by atoms with van der Waals surface area (Å²) < 4.78 is 1.00. The van der Waals surface area contributed by atoms with E-state index in [0.717, 1.165) is 41.6 Å². The first-order chi connectivity index (χ1) is 12.0. The van der Waals surface area contributed by atoms with Gasteiger partial charge in [-0.05, 0) is 37.0 Å². The Bertz CT molecular complexity index is 763. The summed E-state index contributed by atoms with van der Waals surface area (Å²) in [6.07, 6.45) is 5.95. The van der Waals surface area contributed by atoms with E-state index < -0.39 is 0 Å². The number of aromatic nitrogens is 1. The third-order valence-corrected chi connectivity index (χ3v) is 5.42. The maximum atomic E-state index is 12.4. The van der Waals surface area contributed by atoms with E-state index in [2.05, 4.69) is 15.6 Å². The van der Waals surface area contributed by atoms with Gasteiger partial charge in [0.25, 0.3) is 0 Å². The third kappa shape index (κ3) is 4.78. The van der Waals surface area contributed by atoms with Crippen LogP contribution in [0, 0.1) is 11.8 Å². The zero-order valence-electron chi connectivity index (χ0n) is 14.8. The fourth-order valence-electron chi connectivity index (χ4n) is 3.21. The van der Waals surface area contributed by atoms with Crippen molar-refractivity contribution in [1.29, 1.82) is 0 Å². The van der Waals surface area contributed by atoms with Crippen LogP contribution in [0.2, 0.25) is 0 Å². The van der Waals surface area contributed by atoms with E-state index in [0.29, 0.717) is 17.5 Å². The highest BCUT2D eigenvalue weighted by Crippen LogP contribution is 2.30. The molecule has 0 spiro atoms. The van der Waals surface area contributed by atoms with Gasteiger partial charge in [0, 0.05) is 18.0 Å². The molecule has 2 aromatic rings. The predicted molar refractivity (Wildman–Crippen MR) is 103 cm³/mol. The van der Waals surface area contributed by atoms with Crippen LogP contribution in [-0.2, 0) is 9.59 Å². The molecule has 2 N–H and O–H groups in total. The van der Waals surface area contributed by atoms with Crippen molar-refractivity contribution in [3.05, 3.63) is 18.2 Å². The zero-order chi connectivity index (χ0) is 17.8. The number of carbonyl (C=O) groups is 2. The van der Waals surface area contributed by atoms with Crippen molar-refractivity contribution in [1.82, 2.24) is 4.98 Å². The molecule has 0 unspecified atom stereocenters. The summed E-state index contributed by atoms with van der Waals surface area (Å²) >= 11 is 1.47. The number of anilines is 2. The predicted octanol–water partition coefficient (Wildman–Crippen LogP) is 4.80. The molecule has 134 valence electrons. The van der Waals surface area contributed by atoms with E-state index in [4.69, 9.17) is 0 Å². The maximum absolute atomic E-state index is 12.4. The van der Waals surface area contributed by atoms with E-state index in [1.54, 1.807) is 0 Å². The molecule has 1 aliphatic carbocycles. The number of thiazole rings is 1. The minimum Gasteiger partial charge on any atom is -0.326 e. The highest BCUT2D eigenvalue weighted by atomic mass is 32.1. The molecule has 0 atom stereocenters. The van der Waals surface area contributed by atoms with Gasteiger partial charge in [0.2, 0.25) is 11.8 Å². The van der Waals surface area contributed by atoms with Gasteiger partial charge in [-0.1, -0.05) is 44.4 Å². The van der Waals surface area contributed by atoms with E-state index in [1.807, 2.05) is 32.0 Å². The van der Waals surface area contributed by atoms with Gasteiger partial charge in [-0.2, -0.15) is 0 Å². The number of nitrogens with zero attached hydrogens (tertiary/aromatic N) is 1. The Morgan fingerprint density at radius 3 is 2.68 bits per heavy atom. The average molecular weight is 359 g/mol.